The minimum Gasteiger partial charge on any atom is -0.508 e. The number of aromatic hydroxyl groups is 1. The predicted octanol–water partition coefficient (Wildman–Crippen LogP) is 4.97. The van der Waals surface area contributed by atoms with E-state index in [1.807, 2.05) is 0 Å². The molecule has 2 nitrogen and oxygen atoms in total. The summed E-state index contributed by atoms with van der Waals surface area (Å²) >= 11 is 3.10. The lowest BCUT2D eigenvalue weighted by Gasteiger charge is -2.14. The minimum absolute atomic E-state index is 0.0117. The molecular formula is C13H8BrF3O2. The number of rotatable bonds is 2. The lowest BCUT2D eigenvalue weighted by Crippen LogP contribution is -2.07. The molecule has 0 fully saturated rings. The molecule has 0 amide bonds. The molecule has 0 heterocycles. The van der Waals surface area contributed by atoms with E-state index in [1.165, 1.54) is 36.4 Å². The smallest absolute Gasteiger partial charge is 0.419 e. The predicted molar refractivity (Wildman–Crippen MR) is 67.3 cm³/mol. The first kappa shape index (κ1) is 13.7. The number of phenols is 1. The van der Waals surface area contributed by atoms with E-state index in [-0.39, 0.29) is 17.2 Å². The third kappa shape index (κ3) is 3.41. The summed E-state index contributed by atoms with van der Waals surface area (Å²) in [5.41, 5.74) is -0.858. The first-order chi connectivity index (χ1) is 8.86. The van der Waals surface area contributed by atoms with Gasteiger partial charge in [-0.15, -0.1) is 0 Å². The second kappa shape index (κ2) is 5.13. The molecule has 0 aromatic heterocycles. The fourth-order valence-corrected chi connectivity index (χ4v) is 1.80. The van der Waals surface area contributed by atoms with Gasteiger partial charge in [0.2, 0.25) is 0 Å². The van der Waals surface area contributed by atoms with Crippen molar-refractivity contribution in [2.75, 3.05) is 0 Å². The van der Waals surface area contributed by atoms with E-state index in [0.29, 0.717) is 4.47 Å². The van der Waals surface area contributed by atoms with Crippen molar-refractivity contribution in [2.24, 2.45) is 0 Å². The van der Waals surface area contributed by atoms with Crippen LogP contribution >= 0.6 is 15.9 Å². The number of halogens is 4. The van der Waals surface area contributed by atoms with Crippen LogP contribution in [0.3, 0.4) is 0 Å². The Morgan fingerprint density at radius 1 is 1.00 bits per heavy atom. The molecule has 0 aliphatic carbocycles. The van der Waals surface area contributed by atoms with Gasteiger partial charge < -0.3 is 9.84 Å². The minimum atomic E-state index is -4.49. The van der Waals surface area contributed by atoms with Gasteiger partial charge >= 0.3 is 6.18 Å². The van der Waals surface area contributed by atoms with Gasteiger partial charge in [0.05, 0.1) is 5.56 Å². The van der Waals surface area contributed by atoms with E-state index in [0.717, 1.165) is 6.07 Å². The van der Waals surface area contributed by atoms with Crippen LogP contribution < -0.4 is 4.74 Å². The molecule has 6 heteroatoms. The summed E-state index contributed by atoms with van der Waals surface area (Å²) in [4.78, 5) is 0. The molecular weight excluding hydrogens is 325 g/mol. The van der Waals surface area contributed by atoms with Crippen molar-refractivity contribution in [3.63, 3.8) is 0 Å². The topological polar surface area (TPSA) is 29.5 Å². The molecule has 0 aliphatic heterocycles. The molecule has 2 aromatic rings. The largest absolute Gasteiger partial charge is 0.508 e. The van der Waals surface area contributed by atoms with Crippen LogP contribution in [-0.4, -0.2) is 5.11 Å². The van der Waals surface area contributed by atoms with Crippen molar-refractivity contribution in [3.05, 3.63) is 52.5 Å². The summed E-state index contributed by atoms with van der Waals surface area (Å²) in [7, 11) is 0. The molecule has 0 aliphatic rings. The number of phenolic OH excluding ortho intramolecular Hbond substituents is 1. The van der Waals surface area contributed by atoms with Crippen LogP contribution in [0.5, 0.6) is 17.2 Å². The average molecular weight is 333 g/mol. The molecule has 0 unspecified atom stereocenters. The Kier molecular flexibility index (Phi) is 3.71. The zero-order chi connectivity index (χ0) is 14.0. The molecule has 0 spiro atoms. The number of benzene rings is 2. The summed E-state index contributed by atoms with van der Waals surface area (Å²) < 4.78 is 44.1. The highest BCUT2D eigenvalue weighted by molar-refractivity contribution is 9.10. The quantitative estimate of drug-likeness (QED) is 0.841. The Balaban J connectivity index is 2.38. The van der Waals surface area contributed by atoms with Gasteiger partial charge in [-0.25, -0.2) is 0 Å². The van der Waals surface area contributed by atoms with Crippen molar-refractivity contribution < 1.29 is 23.0 Å². The van der Waals surface area contributed by atoms with E-state index < -0.39 is 11.7 Å². The van der Waals surface area contributed by atoms with E-state index in [2.05, 4.69) is 15.9 Å². The highest BCUT2D eigenvalue weighted by Crippen LogP contribution is 2.39. The Morgan fingerprint density at radius 3 is 2.21 bits per heavy atom. The molecule has 0 bridgehead atoms. The molecule has 2 rings (SSSR count). The van der Waals surface area contributed by atoms with Gasteiger partial charge in [-0.2, -0.15) is 13.2 Å². The van der Waals surface area contributed by atoms with Crippen molar-refractivity contribution in [2.45, 2.75) is 6.18 Å². The van der Waals surface area contributed by atoms with Gasteiger partial charge in [0.15, 0.2) is 0 Å². The van der Waals surface area contributed by atoms with Crippen LogP contribution in [0.4, 0.5) is 13.2 Å². The molecule has 100 valence electrons. The zero-order valence-electron chi connectivity index (χ0n) is 9.41. The average Bonchev–Trinajstić information content (AvgIpc) is 2.30. The Bertz CT molecular complexity index is 579. The fraction of sp³-hybridized carbons (Fsp3) is 0.0769. The van der Waals surface area contributed by atoms with E-state index in [9.17, 15) is 13.2 Å². The summed E-state index contributed by atoms with van der Waals surface area (Å²) in [6.45, 7) is 0. The van der Waals surface area contributed by atoms with Crippen molar-refractivity contribution in [1.29, 1.82) is 0 Å². The third-order valence-corrected chi connectivity index (χ3v) is 2.81. The highest BCUT2D eigenvalue weighted by Gasteiger charge is 2.34. The lowest BCUT2D eigenvalue weighted by molar-refractivity contribution is -0.138. The number of hydrogen-bond acceptors (Lipinski definition) is 2. The number of hydrogen-bond donors (Lipinski definition) is 1. The first-order valence-corrected chi connectivity index (χ1v) is 5.99. The Labute approximate surface area is 115 Å². The lowest BCUT2D eigenvalue weighted by atomic mass is 10.2. The van der Waals surface area contributed by atoms with Gasteiger partial charge in [0.1, 0.15) is 17.2 Å². The third-order valence-electron chi connectivity index (χ3n) is 2.31. The molecule has 0 atom stereocenters. The summed E-state index contributed by atoms with van der Waals surface area (Å²) in [5, 5.41) is 9.11. The van der Waals surface area contributed by atoms with E-state index in [4.69, 9.17) is 9.84 Å². The zero-order valence-corrected chi connectivity index (χ0v) is 11.0. The normalized spacial score (nSPS) is 11.4. The van der Waals surface area contributed by atoms with Crippen LogP contribution in [0.25, 0.3) is 0 Å². The van der Waals surface area contributed by atoms with Gasteiger partial charge in [0.25, 0.3) is 0 Å². The summed E-state index contributed by atoms with van der Waals surface area (Å²) in [6.07, 6.45) is -4.49. The van der Waals surface area contributed by atoms with Gasteiger partial charge in [0, 0.05) is 4.47 Å². The standard InChI is InChI=1S/C13H8BrF3O2/c14-8-1-6-11(13(15,16)17)12(7-8)19-10-4-2-9(18)3-5-10/h1-7,18H. The van der Waals surface area contributed by atoms with Crippen LogP contribution in [0, 0.1) is 0 Å². The molecule has 1 N–H and O–H groups in total. The maximum Gasteiger partial charge on any atom is 0.419 e. The molecule has 0 radical (unpaired) electrons. The number of alkyl halides is 3. The highest BCUT2D eigenvalue weighted by atomic mass is 79.9. The van der Waals surface area contributed by atoms with Crippen LogP contribution in [0.1, 0.15) is 5.56 Å². The van der Waals surface area contributed by atoms with E-state index in [1.54, 1.807) is 0 Å². The van der Waals surface area contributed by atoms with Gasteiger partial charge in [-0.1, -0.05) is 15.9 Å². The van der Waals surface area contributed by atoms with Crippen molar-refractivity contribution >= 4 is 15.9 Å². The maximum absolute atomic E-state index is 12.8. The summed E-state index contributed by atoms with van der Waals surface area (Å²) in [5.74, 6) is -0.0772. The molecule has 0 saturated carbocycles. The summed E-state index contributed by atoms with van der Waals surface area (Å²) in [6, 6.07) is 8.93. The Hall–Kier alpha value is -1.69. The van der Waals surface area contributed by atoms with Crippen LogP contribution in [0.15, 0.2) is 46.9 Å². The number of ether oxygens (including phenoxy) is 1. The van der Waals surface area contributed by atoms with Crippen LogP contribution in [-0.2, 0) is 6.18 Å². The fourth-order valence-electron chi connectivity index (χ4n) is 1.46. The van der Waals surface area contributed by atoms with Crippen molar-refractivity contribution in [1.82, 2.24) is 0 Å². The monoisotopic (exact) mass is 332 g/mol. The maximum atomic E-state index is 12.8. The molecule has 2 aromatic carbocycles. The van der Waals surface area contributed by atoms with Crippen LogP contribution in [0.2, 0.25) is 0 Å². The molecule has 0 saturated heterocycles. The molecule has 19 heavy (non-hydrogen) atoms. The van der Waals surface area contributed by atoms with Gasteiger partial charge in [-0.05, 0) is 42.5 Å². The van der Waals surface area contributed by atoms with Gasteiger partial charge in [-0.3, -0.25) is 0 Å². The second-order valence-electron chi connectivity index (χ2n) is 3.73. The Morgan fingerprint density at radius 2 is 1.63 bits per heavy atom. The SMILES string of the molecule is Oc1ccc(Oc2cc(Br)ccc2C(F)(F)F)cc1. The second-order valence-corrected chi connectivity index (χ2v) is 4.65. The van der Waals surface area contributed by atoms with Crippen molar-refractivity contribution in [3.8, 4) is 17.2 Å². The van der Waals surface area contributed by atoms with E-state index >= 15 is 0 Å². The first-order valence-electron chi connectivity index (χ1n) is 5.20.